The average molecular weight is 552 g/mol. The lowest BCUT2D eigenvalue weighted by atomic mass is 10.0. The molecule has 1 N–H and O–H groups in total. The van der Waals surface area contributed by atoms with Crippen LogP contribution in [0.4, 0.5) is 5.69 Å². The lowest BCUT2D eigenvalue weighted by Crippen LogP contribution is -2.56. The van der Waals surface area contributed by atoms with E-state index >= 15 is 0 Å². The van der Waals surface area contributed by atoms with E-state index in [9.17, 15) is 18.0 Å². The minimum atomic E-state index is -3.83. The summed E-state index contributed by atoms with van der Waals surface area (Å²) < 4.78 is 31.9. The van der Waals surface area contributed by atoms with Gasteiger partial charge in [0.05, 0.1) is 19.1 Å². The van der Waals surface area contributed by atoms with E-state index in [2.05, 4.69) is 5.32 Å². The maximum Gasteiger partial charge on any atom is 0.244 e. The molecule has 0 saturated heterocycles. The van der Waals surface area contributed by atoms with Gasteiger partial charge in [0.15, 0.2) is 0 Å². The van der Waals surface area contributed by atoms with Crippen LogP contribution in [0.15, 0.2) is 84.9 Å². The average Bonchev–Trinajstić information content (AvgIpc) is 2.88. The number of amides is 2. The first-order valence-electron chi connectivity index (χ1n) is 12.7. The summed E-state index contributed by atoms with van der Waals surface area (Å²) in [7, 11) is -2.31. The highest BCUT2D eigenvalue weighted by Crippen LogP contribution is 2.23. The summed E-state index contributed by atoms with van der Waals surface area (Å²) in [4.78, 5) is 29.2. The minimum Gasteiger partial charge on any atom is -0.497 e. The quantitative estimate of drug-likeness (QED) is 0.389. The van der Waals surface area contributed by atoms with E-state index in [0.29, 0.717) is 11.4 Å². The van der Waals surface area contributed by atoms with Gasteiger partial charge in [-0.25, -0.2) is 8.42 Å². The minimum absolute atomic E-state index is 0.134. The van der Waals surface area contributed by atoms with Crippen molar-refractivity contribution in [1.82, 2.24) is 10.2 Å². The molecule has 0 heterocycles. The summed E-state index contributed by atoms with van der Waals surface area (Å²) in [5, 5.41) is 3.01. The van der Waals surface area contributed by atoms with Gasteiger partial charge in [-0.1, -0.05) is 60.7 Å². The van der Waals surface area contributed by atoms with Crippen LogP contribution in [0.5, 0.6) is 5.75 Å². The molecular formula is C30H37N3O5S. The molecule has 3 aromatic carbocycles. The van der Waals surface area contributed by atoms with Crippen LogP contribution >= 0.6 is 0 Å². The third-order valence-electron chi connectivity index (χ3n) is 6.00. The van der Waals surface area contributed by atoms with Gasteiger partial charge >= 0.3 is 0 Å². The number of rotatable bonds is 11. The number of ether oxygens (including phenoxy) is 1. The van der Waals surface area contributed by atoms with Gasteiger partial charge in [-0.15, -0.1) is 0 Å². The molecule has 0 radical (unpaired) electrons. The third-order valence-corrected chi connectivity index (χ3v) is 7.15. The lowest BCUT2D eigenvalue weighted by Gasteiger charge is -2.35. The smallest absolute Gasteiger partial charge is 0.244 e. The number of nitrogens with zero attached hydrogens (tertiary/aromatic N) is 2. The molecule has 0 aliphatic carbocycles. The van der Waals surface area contributed by atoms with Crippen molar-refractivity contribution in [3.05, 3.63) is 96.1 Å². The molecule has 0 unspecified atom stereocenters. The molecule has 39 heavy (non-hydrogen) atoms. The molecule has 1 atom stereocenters. The second kappa shape index (κ2) is 12.8. The standard InChI is InChI=1S/C30H37N3O5S/c1-30(2,3)31-29(35)27(20-23-12-8-6-9-13-23)32(21-24-14-10-7-11-15-24)28(34)22-33(39(5,36)37)25-16-18-26(38-4)19-17-25/h6-19,27H,20-22H2,1-5H3,(H,31,35)/t27-/m1/s1. The van der Waals surface area contributed by atoms with E-state index in [1.54, 1.807) is 24.3 Å². The predicted octanol–water partition coefficient (Wildman–Crippen LogP) is 4.02. The molecular weight excluding hydrogens is 514 g/mol. The van der Waals surface area contributed by atoms with Gasteiger partial charge in [-0.2, -0.15) is 0 Å². The van der Waals surface area contributed by atoms with Crippen LogP contribution < -0.4 is 14.4 Å². The molecule has 3 rings (SSSR count). The van der Waals surface area contributed by atoms with Gasteiger partial charge in [0, 0.05) is 18.5 Å². The van der Waals surface area contributed by atoms with Crippen molar-refractivity contribution >= 4 is 27.5 Å². The summed E-state index contributed by atoms with van der Waals surface area (Å²) in [6.07, 6.45) is 1.32. The first-order chi connectivity index (χ1) is 18.4. The molecule has 0 aliphatic heterocycles. The molecule has 208 valence electrons. The summed E-state index contributed by atoms with van der Waals surface area (Å²) in [5.41, 5.74) is 1.50. The Kier molecular flexibility index (Phi) is 9.75. The Labute approximate surface area is 231 Å². The predicted molar refractivity (Wildman–Crippen MR) is 154 cm³/mol. The normalized spacial score (nSPS) is 12.3. The lowest BCUT2D eigenvalue weighted by molar-refractivity contribution is -0.140. The Morgan fingerprint density at radius 2 is 1.41 bits per heavy atom. The van der Waals surface area contributed by atoms with E-state index in [1.165, 1.54) is 12.0 Å². The molecule has 2 amide bonds. The number of carbonyl (C=O) groups is 2. The third kappa shape index (κ3) is 8.85. The van der Waals surface area contributed by atoms with Crippen molar-refractivity contribution in [2.45, 2.75) is 45.3 Å². The van der Waals surface area contributed by atoms with E-state index in [1.807, 2.05) is 81.4 Å². The highest BCUT2D eigenvalue weighted by Gasteiger charge is 2.34. The zero-order chi connectivity index (χ0) is 28.6. The zero-order valence-corrected chi connectivity index (χ0v) is 23.9. The number of benzene rings is 3. The van der Waals surface area contributed by atoms with Gasteiger partial charge in [-0.05, 0) is 56.2 Å². The van der Waals surface area contributed by atoms with Crippen molar-refractivity contribution in [3.63, 3.8) is 0 Å². The van der Waals surface area contributed by atoms with Crippen molar-refractivity contribution in [2.24, 2.45) is 0 Å². The Morgan fingerprint density at radius 3 is 1.90 bits per heavy atom. The van der Waals surface area contributed by atoms with Gasteiger partial charge in [-0.3, -0.25) is 13.9 Å². The summed E-state index contributed by atoms with van der Waals surface area (Å²) in [6, 6.07) is 24.4. The van der Waals surface area contributed by atoms with E-state index in [0.717, 1.165) is 21.7 Å². The monoisotopic (exact) mass is 551 g/mol. The molecule has 3 aromatic rings. The highest BCUT2D eigenvalue weighted by molar-refractivity contribution is 7.92. The molecule has 9 heteroatoms. The van der Waals surface area contributed by atoms with E-state index < -0.39 is 34.1 Å². The topological polar surface area (TPSA) is 96.0 Å². The number of methoxy groups -OCH3 is 1. The fourth-order valence-electron chi connectivity index (χ4n) is 4.15. The van der Waals surface area contributed by atoms with Crippen molar-refractivity contribution < 1.29 is 22.7 Å². The number of sulfonamides is 1. The molecule has 0 bridgehead atoms. The Bertz CT molecular complexity index is 1340. The number of nitrogens with one attached hydrogen (secondary N) is 1. The zero-order valence-electron chi connectivity index (χ0n) is 23.1. The molecule has 0 fully saturated rings. The van der Waals surface area contributed by atoms with Crippen LogP contribution in [-0.2, 0) is 32.6 Å². The summed E-state index contributed by atoms with van der Waals surface area (Å²) in [5.74, 6) is -0.248. The van der Waals surface area contributed by atoms with Crippen molar-refractivity contribution in [3.8, 4) is 5.75 Å². The van der Waals surface area contributed by atoms with E-state index in [4.69, 9.17) is 4.74 Å². The number of hydrogen-bond acceptors (Lipinski definition) is 5. The maximum atomic E-state index is 14.0. The Balaban J connectivity index is 2.04. The molecule has 8 nitrogen and oxygen atoms in total. The fourth-order valence-corrected chi connectivity index (χ4v) is 5.00. The first kappa shape index (κ1) is 29.7. The van der Waals surface area contributed by atoms with Crippen LogP contribution in [0, 0.1) is 0 Å². The molecule has 0 aromatic heterocycles. The van der Waals surface area contributed by atoms with Crippen LogP contribution in [0.2, 0.25) is 0 Å². The van der Waals surface area contributed by atoms with Crippen molar-refractivity contribution in [1.29, 1.82) is 0 Å². The van der Waals surface area contributed by atoms with Crippen LogP contribution in [0.1, 0.15) is 31.9 Å². The second-order valence-electron chi connectivity index (χ2n) is 10.4. The summed E-state index contributed by atoms with van der Waals surface area (Å²) in [6.45, 7) is 5.30. The largest absolute Gasteiger partial charge is 0.497 e. The van der Waals surface area contributed by atoms with Gasteiger partial charge < -0.3 is 15.0 Å². The Morgan fingerprint density at radius 1 is 0.872 bits per heavy atom. The SMILES string of the molecule is COc1ccc(N(CC(=O)N(Cc2ccccc2)[C@H](Cc2ccccc2)C(=O)NC(C)(C)C)S(C)(=O)=O)cc1. The highest BCUT2D eigenvalue weighted by atomic mass is 32.2. The number of hydrogen-bond donors (Lipinski definition) is 1. The van der Waals surface area contributed by atoms with Crippen molar-refractivity contribution in [2.75, 3.05) is 24.2 Å². The first-order valence-corrected chi connectivity index (χ1v) is 14.5. The molecule has 0 aliphatic rings. The fraction of sp³-hybridized carbons (Fsp3) is 0.333. The maximum absolute atomic E-state index is 14.0. The summed E-state index contributed by atoms with van der Waals surface area (Å²) >= 11 is 0. The molecule has 0 saturated carbocycles. The van der Waals surface area contributed by atoms with Gasteiger partial charge in [0.1, 0.15) is 18.3 Å². The number of carbonyl (C=O) groups excluding carboxylic acids is 2. The van der Waals surface area contributed by atoms with E-state index in [-0.39, 0.29) is 18.9 Å². The van der Waals surface area contributed by atoms with Crippen LogP contribution in [0.25, 0.3) is 0 Å². The van der Waals surface area contributed by atoms with Crippen LogP contribution in [-0.4, -0.2) is 56.6 Å². The number of anilines is 1. The van der Waals surface area contributed by atoms with Gasteiger partial charge in [0.2, 0.25) is 21.8 Å². The molecule has 0 spiro atoms. The Hall–Kier alpha value is -3.85. The van der Waals surface area contributed by atoms with Crippen LogP contribution in [0.3, 0.4) is 0 Å². The second-order valence-corrected chi connectivity index (χ2v) is 12.3. The van der Waals surface area contributed by atoms with Gasteiger partial charge in [0.25, 0.3) is 0 Å².